The van der Waals surface area contributed by atoms with E-state index in [0.717, 1.165) is 36.7 Å². The topological polar surface area (TPSA) is 52.9 Å². The summed E-state index contributed by atoms with van der Waals surface area (Å²) in [5.74, 6) is -0.0191. The number of aromatic hydroxyl groups is 1. The monoisotopic (exact) mass is 302 g/mol. The molecule has 21 heavy (non-hydrogen) atoms. The highest BCUT2D eigenvalue weighted by atomic mass is 32.2. The Kier molecular flexibility index (Phi) is 4.01. The van der Waals surface area contributed by atoms with Crippen molar-refractivity contribution in [3.05, 3.63) is 34.2 Å². The zero-order chi connectivity index (χ0) is 14.8. The van der Waals surface area contributed by atoms with Gasteiger partial charge in [-0.1, -0.05) is 11.6 Å². The van der Waals surface area contributed by atoms with Crippen LogP contribution in [0.2, 0.25) is 0 Å². The zero-order valence-electron chi connectivity index (χ0n) is 12.0. The second kappa shape index (κ2) is 5.93. The van der Waals surface area contributed by atoms with Crippen molar-refractivity contribution < 1.29 is 9.90 Å². The Labute approximate surface area is 128 Å². The smallest absolute Gasteiger partial charge is 0.286 e. The molecular formula is C16H18N2O2S. The molecule has 2 aliphatic rings. The summed E-state index contributed by atoms with van der Waals surface area (Å²) in [6.07, 6.45) is 5.30. The van der Waals surface area contributed by atoms with Crippen molar-refractivity contribution in [1.29, 1.82) is 0 Å². The van der Waals surface area contributed by atoms with Crippen molar-refractivity contribution >= 4 is 28.9 Å². The number of benzene rings is 1. The molecule has 0 radical (unpaired) electrons. The molecule has 1 fully saturated rings. The van der Waals surface area contributed by atoms with Crippen molar-refractivity contribution in [3.63, 3.8) is 0 Å². The Hall–Kier alpha value is -1.75. The molecule has 2 aliphatic heterocycles. The summed E-state index contributed by atoms with van der Waals surface area (Å²) in [6, 6.07) is 5.36. The zero-order valence-corrected chi connectivity index (χ0v) is 12.8. The van der Waals surface area contributed by atoms with Gasteiger partial charge in [0, 0.05) is 18.7 Å². The first-order chi connectivity index (χ1) is 10.1. The van der Waals surface area contributed by atoms with E-state index in [1.807, 2.05) is 19.1 Å². The number of amidine groups is 1. The van der Waals surface area contributed by atoms with Gasteiger partial charge in [0.15, 0.2) is 5.17 Å². The van der Waals surface area contributed by atoms with Crippen LogP contribution in [0.15, 0.2) is 28.1 Å². The number of thioether (sulfide) groups is 1. The number of carbonyl (C=O) groups is 1. The number of likely N-dealkylation sites (tertiary alicyclic amines) is 1. The standard InChI is InChI=1S/C16H18N2O2S/c1-11-5-6-13(19)12(9-11)10-14-15(20)17-16(21-14)18-7-3-2-4-8-18/h5-6,9-10,19H,2-4,7-8H2,1H3. The maximum atomic E-state index is 12.0. The quantitative estimate of drug-likeness (QED) is 0.810. The van der Waals surface area contributed by atoms with Crippen molar-refractivity contribution in [1.82, 2.24) is 4.90 Å². The largest absolute Gasteiger partial charge is 0.507 e. The maximum Gasteiger partial charge on any atom is 0.286 e. The van der Waals surface area contributed by atoms with Crippen LogP contribution in [-0.4, -0.2) is 34.2 Å². The Bertz CT molecular complexity index is 631. The van der Waals surface area contributed by atoms with Gasteiger partial charge < -0.3 is 10.0 Å². The average Bonchev–Trinajstić information content (AvgIpc) is 2.85. The van der Waals surface area contributed by atoms with Crippen LogP contribution in [-0.2, 0) is 4.79 Å². The highest BCUT2D eigenvalue weighted by Crippen LogP contribution is 2.33. The van der Waals surface area contributed by atoms with E-state index in [4.69, 9.17) is 0 Å². The lowest BCUT2D eigenvalue weighted by Gasteiger charge is -2.27. The molecule has 0 aliphatic carbocycles. The number of rotatable bonds is 1. The minimum atomic E-state index is -0.207. The summed E-state index contributed by atoms with van der Waals surface area (Å²) < 4.78 is 0. The van der Waals surface area contributed by atoms with Gasteiger partial charge in [0.2, 0.25) is 0 Å². The normalized spacial score (nSPS) is 21.0. The highest BCUT2D eigenvalue weighted by Gasteiger charge is 2.27. The predicted molar refractivity (Wildman–Crippen MR) is 86.3 cm³/mol. The first-order valence-electron chi connectivity index (χ1n) is 7.20. The number of amides is 1. The molecule has 1 amide bonds. The number of carbonyl (C=O) groups excluding carboxylic acids is 1. The van der Waals surface area contributed by atoms with Crippen LogP contribution >= 0.6 is 11.8 Å². The van der Waals surface area contributed by atoms with Crippen LogP contribution in [0, 0.1) is 6.92 Å². The summed E-state index contributed by atoms with van der Waals surface area (Å²) >= 11 is 1.41. The lowest BCUT2D eigenvalue weighted by atomic mass is 10.1. The van der Waals surface area contributed by atoms with Crippen LogP contribution in [0.25, 0.3) is 6.08 Å². The van der Waals surface area contributed by atoms with Gasteiger partial charge in [-0.2, -0.15) is 4.99 Å². The number of aryl methyl sites for hydroxylation is 1. The molecule has 4 nitrogen and oxygen atoms in total. The van der Waals surface area contributed by atoms with E-state index in [2.05, 4.69) is 9.89 Å². The van der Waals surface area contributed by atoms with Gasteiger partial charge in [0.25, 0.3) is 5.91 Å². The number of phenols is 1. The van der Waals surface area contributed by atoms with Gasteiger partial charge in [0.05, 0.1) is 4.91 Å². The van der Waals surface area contributed by atoms with E-state index in [1.165, 1.54) is 18.2 Å². The Balaban J connectivity index is 1.80. The summed E-state index contributed by atoms with van der Waals surface area (Å²) in [7, 11) is 0. The molecule has 1 N–H and O–H groups in total. The van der Waals surface area contributed by atoms with E-state index in [0.29, 0.717) is 10.5 Å². The summed E-state index contributed by atoms with van der Waals surface area (Å²) in [5, 5.41) is 10.7. The lowest BCUT2D eigenvalue weighted by molar-refractivity contribution is -0.113. The first-order valence-corrected chi connectivity index (χ1v) is 8.02. The van der Waals surface area contributed by atoms with Crippen molar-refractivity contribution in [2.45, 2.75) is 26.2 Å². The maximum absolute atomic E-state index is 12.0. The second-order valence-electron chi connectivity index (χ2n) is 5.42. The molecular weight excluding hydrogens is 284 g/mol. The summed E-state index contributed by atoms with van der Waals surface area (Å²) in [6.45, 7) is 3.91. The fourth-order valence-corrected chi connectivity index (χ4v) is 3.50. The third kappa shape index (κ3) is 3.13. The number of aliphatic imine (C=N–C) groups is 1. The van der Waals surface area contributed by atoms with E-state index >= 15 is 0 Å². The molecule has 1 aromatic rings. The third-order valence-electron chi connectivity index (χ3n) is 3.71. The van der Waals surface area contributed by atoms with Crippen LogP contribution in [0.5, 0.6) is 5.75 Å². The molecule has 3 rings (SSSR count). The van der Waals surface area contributed by atoms with Crippen LogP contribution < -0.4 is 0 Å². The Morgan fingerprint density at radius 2 is 2.05 bits per heavy atom. The van der Waals surface area contributed by atoms with Crippen LogP contribution in [0.1, 0.15) is 30.4 Å². The molecule has 0 bridgehead atoms. The fraction of sp³-hybridized carbons (Fsp3) is 0.375. The van der Waals surface area contributed by atoms with E-state index in [1.54, 1.807) is 12.1 Å². The van der Waals surface area contributed by atoms with Crippen LogP contribution in [0.3, 0.4) is 0 Å². The molecule has 0 atom stereocenters. The summed E-state index contributed by atoms with van der Waals surface area (Å²) in [4.78, 5) is 19.0. The third-order valence-corrected chi connectivity index (χ3v) is 4.75. The predicted octanol–water partition coefficient (Wildman–Crippen LogP) is 3.16. The van der Waals surface area contributed by atoms with Crippen LogP contribution in [0.4, 0.5) is 0 Å². The van der Waals surface area contributed by atoms with E-state index < -0.39 is 0 Å². The average molecular weight is 302 g/mol. The summed E-state index contributed by atoms with van der Waals surface area (Å²) in [5.41, 5.74) is 1.72. The van der Waals surface area contributed by atoms with Crippen molar-refractivity contribution in [3.8, 4) is 5.75 Å². The SMILES string of the molecule is Cc1ccc(O)c(C=C2SC(N3CCCCC3)=NC2=O)c1. The van der Waals surface area contributed by atoms with Gasteiger partial charge in [0.1, 0.15) is 5.75 Å². The minimum Gasteiger partial charge on any atom is -0.507 e. The number of hydrogen-bond donors (Lipinski definition) is 1. The second-order valence-corrected chi connectivity index (χ2v) is 6.43. The first kappa shape index (κ1) is 14.2. The molecule has 0 aromatic heterocycles. The molecule has 2 heterocycles. The molecule has 0 spiro atoms. The number of piperidine rings is 1. The molecule has 1 aromatic carbocycles. The van der Waals surface area contributed by atoms with Gasteiger partial charge in [-0.25, -0.2) is 0 Å². The molecule has 110 valence electrons. The molecule has 0 unspecified atom stereocenters. The minimum absolute atomic E-state index is 0.188. The van der Waals surface area contributed by atoms with E-state index in [9.17, 15) is 9.90 Å². The lowest BCUT2D eigenvalue weighted by Crippen LogP contribution is -2.33. The van der Waals surface area contributed by atoms with E-state index in [-0.39, 0.29) is 11.7 Å². The molecule has 1 saturated heterocycles. The van der Waals surface area contributed by atoms with Gasteiger partial charge in [-0.05, 0) is 56.2 Å². The molecule has 0 saturated carbocycles. The van der Waals surface area contributed by atoms with Gasteiger partial charge in [-0.3, -0.25) is 4.79 Å². The Morgan fingerprint density at radius 3 is 2.81 bits per heavy atom. The van der Waals surface area contributed by atoms with Gasteiger partial charge >= 0.3 is 0 Å². The van der Waals surface area contributed by atoms with Gasteiger partial charge in [-0.15, -0.1) is 0 Å². The highest BCUT2D eigenvalue weighted by molar-refractivity contribution is 8.18. The Morgan fingerprint density at radius 1 is 1.29 bits per heavy atom. The molecule has 5 heteroatoms. The van der Waals surface area contributed by atoms with Crippen molar-refractivity contribution in [2.75, 3.05) is 13.1 Å². The number of phenolic OH excluding ortho intramolecular Hbond substituents is 1. The fourth-order valence-electron chi connectivity index (χ4n) is 2.55. The number of hydrogen-bond acceptors (Lipinski definition) is 4. The van der Waals surface area contributed by atoms with Crippen molar-refractivity contribution in [2.24, 2.45) is 4.99 Å². The number of nitrogens with zero attached hydrogens (tertiary/aromatic N) is 2.